The maximum Gasteiger partial charge on any atom is 0.269 e. The highest BCUT2D eigenvalue weighted by Crippen LogP contribution is 2.62. The number of nitrogens with zero attached hydrogens (tertiary/aromatic N) is 3. The number of oxime groups is 1. The van der Waals surface area contributed by atoms with Crippen molar-refractivity contribution in [3.05, 3.63) is 101 Å². The van der Waals surface area contributed by atoms with Gasteiger partial charge in [-0.05, 0) is 91.8 Å². The van der Waals surface area contributed by atoms with Crippen LogP contribution in [0.4, 0.5) is 5.69 Å². The van der Waals surface area contributed by atoms with Crippen molar-refractivity contribution in [3.63, 3.8) is 0 Å². The molecule has 6 rings (SSSR count). The molecule has 0 unspecified atom stereocenters. The number of non-ortho nitro benzene ring substituents is 1. The van der Waals surface area contributed by atoms with Gasteiger partial charge in [0.15, 0.2) is 0 Å². The lowest BCUT2D eigenvalue weighted by molar-refractivity contribution is -0.384. The largest absolute Gasteiger partial charge is 0.490 e. The average molecular weight is 744 g/mol. The van der Waals surface area contributed by atoms with E-state index in [1.807, 2.05) is 19.2 Å². The number of rotatable bonds is 20. The Morgan fingerprint density at radius 3 is 2.44 bits per heavy atom. The van der Waals surface area contributed by atoms with Crippen LogP contribution in [0.25, 0.3) is 0 Å². The third-order valence-corrected chi connectivity index (χ3v) is 11.3. The first-order valence-electron chi connectivity index (χ1n) is 19.2. The number of ether oxygens (including phenoxy) is 3. The normalized spacial score (nSPS) is 26.1. The van der Waals surface area contributed by atoms with E-state index >= 15 is 0 Å². The molecule has 0 saturated heterocycles. The number of carbonyl (C=O) groups excluding carboxylic acids is 1. The molecular formula is C42H53N3O9. The van der Waals surface area contributed by atoms with Crippen LogP contribution in [0.2, 0.25) is 0 Å². The van der Waals surface area contributed by atoms with Crippen LogP contribution < -0.4 is 9.47 Å². The van der Waals surface area contributed by atoms with Crippen molar-refractivity contribution in [2.45, 2.75) is 82.1 Å². The van der Waals surface area contributed by atoms with Crippen molar-refractivity contribution >= 4 is 17.3 Å². The van der Waals surface area contributed by atoms with Gasteiger partial charge in [-0.3, -0.25) is 14.9 Å². The van der Waals surface area contributed by atoms with Gasteiger partial charge in [-0.25, -0.2) is 0 Å². The number of aliphatic hydroxyl groups is 2. The van der Waals surface area contributed by atoms with E-state index in [2.05, 4.69) is 25.3 Å². The monoisotopic (exact) mass is 743 g/mol. The number of carbonyl (C=O) groups is 1. The molecule has 6 atom stereocenters. The molecule has 290 valence electrons. The molecule has 0 bridgehead atoms. The predicted octanol–water partition coefficient (Wildman–Crippen LogP) is 6.86. The maximum atomic E-state index is 13.9. The molecule has 2 aromatic carbocycles. The summed E-state index contributed by atoms with van der Waals surface area (Å²) < 4.78 is 20.1. The summed E-state index contributed by atoms with van der Waals surface area (Å²) in [5.74, 6) is -0.341. The topological polar surface area (TPSA) is 153 Å². The first-order valence-corrected chi connectivity index (χ1v) is 19.2. The molecule has 0 aromatic heterocycles. The van der Waals surface area contributed by atoms with Gasteiger partial charge in [0.05, 0.1) is 23.2 Å². The lowest BCUT2D eigenvalue weighted by Gasteiger charge is -2.59. The number of benzene rings is 2. The zero-order chi connectivity index (χ0) is 38.2. The fourth-order valence-electron chi connectivity index (χ4n) is 8.64. The number of fused-ring (bicyclic) bond motifs is 2. The number of allylic oxidation sites excluding steroid dienone is 1. The van der Waals surface area contributed by atoms with E-state index in [9.17, 15) is 25.1 Å². The smallest absolute Gasteiger partial charge is 0.269 e. The van der Waals surface area contributed by atoms with E-state index < -0.39 is 22.7 Å². The van der Waals surface area contributed by atoms with Gasteiger partial charge in [0, 0.05) is 56.2 Å². The maximum absolute atomic E-state index is 13.9. The molecule has 54 heavy (non-hydrogen) atoms. The summed E-state index contributed by atoms with van der Waals surface area (Å²) in [6.45, 7) is 8.62. The lowest BCUT2D eigenvalue weighted by Crippen LogP contribution is -2.69. The van der Waals surface area contributed by atoms with Crippen LogP contribution in [0.5, 0.6) is 11.5 Å². The van der Waals surface area contributed by atoms with Crippen LogP contribution in [0.3, 0.4) is 0 Å². The van der Waals surface area contributed by atoms with Crippen molar-refractivity contribution < 1.29 is 39.0 Å². The Kier molecular flexibility index (Phi) is 12.9. The molecule has 4 aliphatic rings. The van der Waals surface area contributed by atoms with E-state index in [1.54, 1.807) is 29.2 Å². The fourth-order valence-corrected chi connectivity index (χ4v) is 8.64. The molecule has 1 heterocycles. The zero-order valence-electron chi connectivity index (χ0n) is 31.1. The minimum Gasteiger partial charge on any atom is -0.490 e. The quantitative estimate of drug-likeness (QED) is 0.0641. The number of nitro groups is 1. The van der Waals surface area contributed by atoms with Crippen molar-refractivity contribution in [1.29, 1.82) is 0 Å². The molecule has 12 nitrogen and oxygen atoms in total. The van der Waals surface area contributed by atoms with Crippen LogP contribution >= 0.6 is 0 Å². The third kappa shape index (κ3) is 8.25. The van der Waals surface area contributed by atoms with E-state index in [0.29, 0.717) is 43.1 Å². The molecule has 0 radical (unpaired) electrons. The average Bonchev–Trinajstić information content (AvgIpc) is 4.03. The fraction of sp³-hybridized carbons (Fsp3) is 0.524. The Hall–Kier alpha value is -4.52. The molecule has 1 aliphatic heterocycles. The van der Waals surface area contributed by atoms with E-state index in [-0.39, 0.29) is 61.7 Å². The predicted molar refractivity (Wildman–Crippen MR) is 204 cm³/mol. The van der Waals surface area contributed by atoms with Crippen molar-refractivity contribution in [3.8, 4) is 11.5 Å². The Bertz CT molecular complexity index is 1720. The number of hydrogen-bond donors (Lipinski definition) is 2. The van der Waals surface area contributed by atoms with E-state index in [0.717, 1.165) is 55.2 Å². The Morgan fingerprint density at radius 2 is 1.78 bits per heavy atom. The van der Waals surface area contributed by atoms with Gasteiger partial charge in [0.2, 0.25) is 11.7 Å². The second-order valence-corrected chi connectivity index (χ2v) is 14.8. The number of amides is 1. The Balaban J connectivity index is 1.52. The van der Waals surface area contributed by atoms with Gasteiger partial charge < -0.3 is 34.2 Å². The first kappa shape index (κ1) is 39.2. The number of nitro benzene ring substituents is 1. The molecular weight excluding hydrogens is 690 g/mol. The van der Waals surface area contributed by atoms with Crippen LogP contribution in [0, 0.1) is 33.8 Å². The standard InChI is InChI=1S/C42H53N3O9/c1-4-22-51-32-18-19-37-35(25-32)39-33(11-7-9-21-47)30(10-6-8-20-46)24-34-36(43-53-27-28-12-16-31(17-13-28)45(49)50)26-38(44(3)41(48)29-14-15-29)42(54-37,40(34)39)52-23-5-2/h4-5,12-13,16-19,24-25,29-30,33,38-40,46-47H,1-2,6-11,14-15,20-23,26-27H2,3H3/t30-,33+,38-,39+,40+,42+/m0/s1. The minimum atomic E-state index is -1.30. The molecule has 1 amide bonds. The second-order valence-electron chi connectivity index (χ2n) is 14.8. The third-order valence-electron chi connectivity index (χ3n) is 11.3. The van der Waals surface area contributed by atoms with Crippen molar-refractivity contribution in [2.24, 2.45) is 28.8 Å². The molecule has 2 N–H and O–H groups in total. The van der Waals surface area contributed by atoms with Crippen molar-refractivity contribution in [1.82, 2.24) is 4.90 Å². The highest BCUT2D eigenvalue weighted by molar-refractivity contribution is 6.03. The highest BCUT2D eigenvalue weighted by atomic mass is 16.7. The van der Waals surface area contributed by atoms with Crippen LogP contribution in [-0.4, -0.2) is 77.0 Å². The first-order chi connectivity index (χ1) is 26.3. The lowest BCUT2D eigenvalue weighted by atomic mass is 9.55. The zero-order valence-corrected chi connectivity index (χ0v) is 31.1. The van der Waals surface area contributed by atoms with Gasteiger partial charge in [0.1, 0.15) is 30.8 Å². The van der Waals surface area contributed by atoms with Gasteiger partial charge in [-0.15, -0.1) is 6.58 Å². The summed E-state index contributed by atoms with van der Waals surface area (Å²) in [5.41, 5.74) is 3.33. The summed E-state index contributed by atoms with van der Waals surface area (Å²) in [5, 5.41) is 35.6. The molecule has 0 spiro atoms. The SMILES string of the molecule is C=CCOc1ccc2c(c1)[C@H]1[C@H](CCCCO)[C@@H](CCCCO)C=C3C(=NOCc4ccc([N+](=O)[O-])cc4)C[C@H](N(C)C(=O)C4CC4)[C@@](OCC=C)(O2)[C@H]31. The number of likely N-dealkylation sites (N-methyl/N-ethyl adjacent to an activating group) is 1. The summed E-state index contributed by atoms with van der Waals surface area (Å²) in [4.78, 5) is 32.6. The van der Waals surface area contributed by atoms with Crippen LogP contribution in [-0.2, 0) is 21.0 Å². The Morgan fingerprint density at radius 1 is 1.06 bits per heavy atom. The summed E-state index contributed by atoms with van der Waals surface area (Å²) in [6.07, 6.45) is 12.3. The minimum absolute atomic E-state index is 0.00534. The van der Waals surface area contributed by atoms with Crippen LogP contribution in [0.1, 0.15) is 74.8 Å². The highest BCUT2D eigenvalue weighted by Gasteiger charge is 2.65. The molecule has 2 aromatic rings. The summed E-state index contributed by atoms with van der Waals surface area (Å²) in [6, 6.07) is 11.5. The molecule has 2 saturated carbocycles. The number of aliphatic hydroxyl groups excluding tert-OH is 2. The molecule has 2 fully saturated rings. The molecule has 12 heteroatoms. The summed E-state index contributed by atoms with van der Waals surface area (Å²) in [7, 11) is 1.83. The summed E-state index contributed by atoms with van der Waals surface area (Å²) >= 11 is 0. The van der Waals surface area contributed by atoms with E-state index in [1.165, 1.54) is 12.1 Å². The Labute approximate surface area is 317 Å². The molecule has 3 aliphatic carbocycles. The number of unbranched alkanes of at least 4 members (excludes halogenated alkanes) is 2. The van der Waals surface area contributed by atoms with Gasteiger partial charge in [0.25, 0.3) is 5.69 Å². The number of hydrogen-bond acceptors (Lipinski definition) is 10. The van der Waals surface area contributed by atoms with Crippen molar-refractivity contribution in [2.75, 3.05) is 33.5 Å². The second kappa shape index (κ2) is 17.7. The van der Waals surface area contributed by atoms with Crippen LogP contribution in [0.15, 0.2) is 84.6 Å². The van der Waals surface area contributed by atoms with Gasteiger partial charge >= 0.3 is 0 Å². The van der Waals surface area contributed by atoms with E-state index in [4.69, 9.17) is 24.2 Å². The van der Waals surface area contributed by atoms with Gasteiger partial charge in [-0.2, -0.15) is 0 Å². The van der Waals surface area contributed by atoms with Gasteiger partial charge in [-0.1, -0.05) is 42.8 Å².